The van der Waals surface area contributed by atoms with Crippen LogP contribution in [0.15, 0.2) is 40.5 Å². The molecule has 1 aliphatic carbocycles. The average molecular weight is 436 g/mol. The minimum Gasteiger partial charge on any atom is -0.435 e. The van der Waals surface area contributed by atoms with Crippen molar-refractivity contribution >= 4 is 34.6 Å². The third-order valence-electron chi connectivity index (χ3n) is 5.11. The molecule has 0 bridgehead atoms. The number of hydrogen-bond donors (Lipinski definition) is 1. The standard InChI is InChI=1S/C21H23F2N3OS2/c1-13-18(24-10-9-19(13)29-15-5-3-2-4-6-15)12-28-21-25-16-8-7-14(27-20(22)23)11-17(16)26-21/h7-11,15,20H,2-6,12H2,1H3,(H,25,26). The summed E-state index contributed by atoms with van der Waals surface area (Å²) >= 11 is 3.55. The van der Waals surface area contributed by atoms with Gasteiger partial charge in [0.15, 0.2) is 5.16 Å². The Labute approximate surface area is 177 Å². The smallest absolute Gasteiger partial charge is 0.387 e. The van der Waals surface area contributed by atoms with Crippen molar-refractivity contribution in [3.05, 3.63) is 41.7 Å². The fourth-order valence-electron chi connectivity index (χ4n) is 3.54. The second-order valence-electron chi connectivity index (χ2n) is 7.15. The molecular weight excluding hydrogens is 412 g/mol. The molecule has 0 radical (unpaired) electrons. The number of rotatable bonds is 7. The van der Waals surface area contributed by atoms with Gasteiger partial charge in [0, 0.05) is 28.2 Å². The largest absolute Gasteiger partial charge is 0.435 e. The topological polar surface area (TPSA) is 50.8 Å². The number of thioether (sulfide) groups is 2. The number of imidazole rings is 1. The fraction of sp³-hybridized carbons (Fsp3) is 0.429. The molecule has 0 aliphatic heterocycles. The zero-order valence-electron chi connectivity index (χ0n) is 16.2. The van der Waals surface area contributed by atoms with Gasteiger partial charge in [-0.1, -0.05) is 31.0 Å². The SMILES string of the molecule is Cc1c(SC2CCCCC2)ccnc1CSc1nc2ccc(OC(F)F)cc2[nH]1. The fourth-order valence-corrected chi connectivity index (χ4v) is 5.81. The van der Waals surface area contributed by atoms with Crippen molar-refractivity contribution in [1.29, 1.82) is 0 Å². The highest BCUT2D eigenvalue weighted by Gasteiger charge is 2.17. The summed E-state index contributed by atoms with van der Waals surface area (Å²) in [6.07, 6.45) is 8.52. The highest BCUT2D eigenvalue weighted by molar-refractivity contribution is 8.00. The summed E-state index contributed by atoms with van der Waals surface area (Å²) in [5, 5.41) is 1.45. The lowest BCUT2D eigenvalue weighted by Gasteiger charge is -2.22. The first-order valence-corrected chi connectivity index (χ1v) is 11.6. The Bertz CT molecular complexity index is 974. The predicted octanol–water partition coefficient (Wildman–Crippen LogP) is 6.58. The van der Waals surface area contributed by atoms with Crippen LogP contribution in [0.1, 0.15) is 43.4 Å². The lowest BCUT2D eigenvalue weighted by molar-refractivity contribution is -0.0497. The van der Waals surface area contributed by atoms with Crippen LogP contribution in [0.4, 0.5) is 8.78 Å². The molecule has 1 N–H and O–H groups in total. The Kier molecular flexibility index (Phi) is 6.60. The van der Waals surface area contributed by atoms with Crippen LogP contribution < -0.4 is 4.74 Å². The van der Waals surface area contributed by atoms with E-state index in [0.29, 0.717) is 16.5 Å². The van der Waals surface area contributed by atoms with Gasteiger partial charge < -0.3 is 9.72 Å². The van der Waals surface area contributed by atoms with Gasteiger partial charge in [-0.05, 0) is 43.5 Å². The molecule has 2 aromatic heterocycles. The molecule has 0 spiro atoms. The van der Waals surface area contributed by atoms with Gasteiger partial charge in [-0.25, -0.2) is 4.98 Å². The van der Waals surface area contributed by atoms with Crippen LogP contribution in [0.3, 0.4) is 0 Å². The number of pyridine rings is 1. The molecule has 154 valence electrons. The van der Waals surface area contributed by atoms with Crippen molar-refractivity contribution in [2.24, 2.45) is 0 Å². The van der Waals surface area contributed by atoms with Gasteiger partial charge >= 0.3 is 6.61 Å². The quantitative estimate of drug-likeness (QED) is 0.425. The van der Waals surface area contributed by atoms with E-state index in [-0.39, 0.29) is 5.75 Å². The van der Waals surface area contributed by atoms with Crippen molar-refractivity contribution in [1.82, 2.24) is 15.0 Å². The first kappa shape index (κ1) is 20.5. The molecule has 3 aromatic rings. The van der Waals surface area contributed by atoms with Crippen LogP contribution >= 0.6 is 23.5 Å². The van der Waals surface area contributed by atoms with E-state index in [4.69, 9.17) is 0 Å². The van der Waals surface area contributed by atoms with Gasteiger partial charge in [0.1, 0.15) is 5.75 Å². The monoisotopic (exact) mass is 435 g/mol. The zero-order valence-corrected chi connectivity index (χ0v) is 17.8. The number of aromatic nitrogens is 3. The first-order chi connectivity index (χ1) is 14.1. The number of halogens is 2. The van der Waals surface area contributed by atoms with Crippen LogP contribution in [-0.2, 0) is 5.75 Å². The predicted molar refractivity (Wildman–Crippen MR) is 114 cm³/mol. The van der Waals surface area contributed by atoms with E-state index >= 15 is 0 Å². The molecule has 1 aromatic carbocycles. The Morgan fingerprint density at radius 1 is 1.21 bits per heavy atom. The molecule has 8 heteroatoms. The molecule has 0 saturated heterocycles. The molecule has 1 fully saturated rings. The number of H-pyrrole nitrogens is 1. The van der Waals surface area contributed by atoms with Gasteiger partial charge in [-0.15, -0.1) is 11.8 Å². The number of nitrogens with zero attached hydrogens (tertiary/aromatic N) is 2. The third kappa shape index (κ3) is 5.22. The van der Waals surface area contributed by atoms with Crippen molar-refractivity contribution in [3.8, 4) is 5.75 Å². The van der Waals surface area contributed by atoms with E-state index in [0.717, 1.165) is 16.4 Å². The Hall–Kier alpha value is -1.80. The van der Waals surface area contributed by atoms with Gasteiger partial charge in [-0.3, -0.25) is 4.98 Å². The molecular formula is C21H23F2N3OS2. The van der Waals surface area contributed by atoms with Crippen LogP contribution in [0, 0.1) is 6.92 Å². The summed E-state index contributed by atoms with van der Waals surface area (Å²) in [5.74, 6) is 0.822. The molecule has 0 unspecified atom stereocenters. The number of fused-ring (bicyclic) bond motifs is 1. The number of hydrogen-bond acceptors (Lipinski definition) is 5. The minimum atomic E-state index is -2.84. The van der Waals surface area contributed by atoms with Crippen molar-refractivity contribution in [3.63, 3.8) is 0 Å². The summed E-state index contributed by atoms with van der Waals surface area (Å²) in [4.78, 5) is 13.6. The summed E-state index contributed by atoms with van der Waals surface area (Å²) in [5.41, 5.74) is 3.69. The van der Waals surface area contributed by atoms with Crippen molar-refractivity contribution in [2.75, 3.05) is 0 Å². The third-order valence-corrected chi connectivity index (χ3v) is 7.49. The zero-order chi connectivity index (χ0) is 20.2. The molecule has 29 heavy (non-hydrogen) atoms. The highest BCUT2D eigenvalue weighted by Crippen LogP contribution is 2.36. The van der Waals surface area contributed by atoms with E-state index < -0.39 is 6.61 Å². The number of nitrogens with one attached hydrogen (secondary N) is 1. The van der Waals surface area contributed by atoms with Crippen LogP contribution in [0.2, 0.25) is 0 Å². The Balaban J connectivity index is 1.43. The van der Waals surface area contributed by atoms with Crippen LogP contribution in [0.25, 0.3) is 11.0 Å². The summed E-state index contributed by atoms with van der Waals surface area (Å²) in [6, 6.07) is 6.85. The lowest BCUT2D eigenvalue weighted by atomic mass is 10.0. The Morgan fingerprint density at radius 3 is 2.83 bits per heavy atom. The second-order valence-corrected chi connectivity index (χ2v) is 9.45. The van der Waals surface area contributed by atoms with E-state index in [9.17, 15) is 8.78 Å². The normalized spacial score (nSPS) is 15.3. The minimum absolute atomic E-state index is 0.123. The first-order valence-electron chi connectivity index (χ1n) is 9.77. The molecule has 1 aliphatic rings. The summed E-state index contributed by atoms with van der Waals surface area (Å²) in [7, 11) is 0. The van der Waals surface area contributed by atoms with Gasteiger partial charge in [0.05, 0.1) is 16.7 Å². The molecule has 4 rings (SSSR count). The molecule has 4 nitrogen and oxygen atoms in total. The average Bonchev–Trinajstić information content (AvgIpc) is 3.11. The maximum absolute atomic E-state index is 12.4. The maximum atomic E-state index is 12.4. The number of alkyl halides is 2. The highest BCUT2D eigenvalue weighted by atomic mass is 32.2. The van der Waals surface area contributed by atoms with E-state index in [1.807, 2.05) is 18.0 Å². The molecule has 2 heterocycles. The Morgan fingerprint density at radius 2 is 2.03 bits per heavy atom. The molecule has 1 saturated carbocycles. The van der Waals surface area contributed by atoms with E-state index in [1.54, 1.807) is 23.9 Å². The lowest BCUT2D eigenvalue weighted by Crippen LogP contribution is -2.08. The van der Waals surface area contributed by atoms with Crippen LogP contribution in [-0.4, -0.2) is 26.8 Å². The number of ether oxygens (including phenoxy) is 1. The van der Waals surface area contributed by atoms with Gasteiger partial charge in [0.2, 0.25) is 0 Å². The summed E-state index contributed by atoms with van der Waals surface area (Å²) in [6.45, 7) is -0.697. The molecule has 0 atom stereocenters. The number of benzene rings is 1. The van der Waals surface area contributed by atoms with Crippen LogP contribution in [0.5, 0.6) is 5.75 Å². The molecule has 0 amide bonds. The summed E-state index contributed by atoms with van der Waals surface area (Å²) < 4.78 is 29.2. The van der Waals surface area contributed by atoms with Gasteiger partial charge in [-0.2, -0.15) is 8.78 Å². The van der Waals surface area contributed by atoms with Gasteiger partial charge in [0.25, 0.3) is 0 Å². The van der Waals surface area contributed by atoms with E-state index in [1.165, 1.54) is 48.6 Å². The second kappa shape index (κ2) is 9.34. The number of aromatic amines is 1. The van der Waals surface area contributed by atoms with Crippen molar-refractivity contribution < 1.29 is 13.5 Å². The van der Waals surface area contributed by atoms with Crippen molar-refractivity contribution in [2.45, 2.75) is 66.7 Å². The van der Waals surface area contributed by atoms with E-state index in [2.05, 4.69) is 32.7 Å². The maximum Gasteiger partial charge on any atom is 0.387 e.